The summed E-state index contributed by atoms with van der Waals surface area (Å²) in [5, 5.41) is 0. The molecule has 2 saturated heterocycles. The second-order valence-electron chi connectivity index (χ2n) is 5.14. The zero-order valence-electron chi connectivity index (χ0n) is 10.3. The predicted molar refractivity (Wildman–Crippen MR) is 71.6 cm³/mol. The summed E-state index contributed by atoms with van der Waals surface area (Å²) in [4.78, 5) is 2.15. The van der Waals surface area contributed by atoms with Crippen LogP contribution in [-0.2, 0) is 6.18 Å². The number of nitrogens with two attached hydrogens (primary N) is 1. The molecule has 0 atom stereocenters. The maximum absolute atomic E-state index is 12.8. The lowest BCUT2D eigenvalue weighted by Crippen LogP contribution is -2.28. The molecule has 2 nitrogen and oxygen atoms in total. The summed E-state index contributed by atoms with van der Waals surface area (Å²) in [6.45, 7) is 0. The molecule has 2 aliphatic rings. The Bertz CT molecular complexity index is 455. The zero-order chi connectivity index (χ0) is 12.9. The predicted octanol–water partition coefficient (Wildman–Crippen LogP) is 3.84. The Labute approximate surface area is 116 Å². The van der Waals surface area contributed by atoms with Gasteiger partial charge in [0.25, 0.3) is 0 Å². The molecular weight excluding hydrogens is 277 g/mol. The number of nitrogens with zero attached hydrogens (tertiary/aromatic N) is 1. The van der Waals surface area contributed by atoms with Crippen LogP contribution in [0.4, 0.5) is 24.5 Å². The van der Waals surface area contributed by atoms with Crippen LogP contribution >= 0.6 is 12.4 Å². The van der Waals surface area contributed by atoms with Crippen LogP contribution in [0.25, 0.3) is 0 Å². The quantitative estimate of drug-likeness (QED) is 0.797. The Hall–Kier alpha value is -1.10. The van der Waals surface area contributed by atoms with Gasteiger partial charge in [0.15, 0.2) is 0 Å². The number of anilines is 2. The van der Waals surface area contributed by atoms with Gasteiger partial charge in [-0.25, -0.2) is 0 Å². The van der Waals surface area contributed by atoms with Gasteiger partial charge in [0, 0.05) is 23.5 Å². The zero-order valence-corrected chi connectivity index (χ0v) is 11.1. The van der Waals surface area contributed by atoms with E-state index in [2.05, 4.69) is 4.90 Å². The van der Waals surface area contributed by atoms with Crippen molar-refractivity contribution in [2.45, 2.75) is 43.9 Å². The normalized spacial score (nSPS) is 25.5. The van der Waals surface area contributed by atoms with Crippen LogP contribution < -0.4 is 10.6 Å². The number of nitrogen functional groups attached to an aromatic ring is 1. The first-order valence-electron chi connectivity index (χ1n) is 6.22. The van der Waals surface area contributed by atoms with Crippen LogP contribution in [0.1, 0.15) is 31.2 Å². The Morgan fingerprint density at radius 1 is 1.05 bits per heavy atom. The molecule has 0 saturated carbocycles. The van der Waals surface area contributed by atoms with Gasteiger partial charge in [-0.1, -0.05) is 0 Å². The van der Waals surface area contributed by atoms with Crippen molar-refractivity contribution in [3.8, 4) is 0 Å². The summed E-state index contributed by atoms with van der Waals surface area (Å²) >= 11 is 0. The third-order valence-corrected chi connectivity index (χ3v) is 4.09. The van der Waals surface area contributed by atoms with E-state index < -0.39 is 11.7 Å². The highest BCUT2D eigenvalue weighted by molar-refractivity contribution is 5.85. The topological polar surface area (TPSA) is 29.3 Å². The average molecular weight is 293 g/mol. The van der Waals surface area contributed by atoms with Crippen molar-refractivity contribution in [1.82, 2.24) is 0 Å². The van der Waals surface area contributed by atoms with E-state index >= 15 is 0 Å². The first-order valence-corrected chi connectivity index (χ1v) is 6.22. The Kier molecular flexibility index (Phi) is 3.60. The molecule has 2 fully saturated rings. The van der Waals surface area contributed by atoms with Crippen LogP contribution in [0.15, 0.2) is 18.2 Å². The summed E-state index contributed by atoms with van der Waals surface area (Å²) in [5.41, 5.74) is 5.18. The first kappa shape index (κ1) is 14.3. The van der Waals surface area contributed by atoms with Crippen molar-refractivity contribution < 1.29 is 13.2 Å². The molecule has 2 aliphatic heterocycles. The molecule has 2 N–H and O–H groups in total. The molecule has 3 rings (SSSR count). The number of halogens is 4. The molecule has 2 heterocycles. The Balaban J connectivity index is 0.00000133. The van der Waals surface area contributed by atoms with Crippen LogP contribution in [0, 0.1) is 0 Å². The van der Waals surface area contributed by atoms with Crippen LogP contribution in [0.2, 0.25) is 0 Å². The fourth-order valence-electron chi connectivity index (χ4n) is 3.28. The summed E-state index contributed by atoms with van der Waals surface area (Å²) in [7, 11) is 0. The maximum Gasteiger partial charge on any atom is 0.418 e. The van der Waals surface area contributed by atoms with Gasteiger partial charge in [0.2, 0.25) is 0 Å². The van der Waals surface area contributed by atoms with E-state index in [1.807, 2.05) is 0 Å². The highest BCUT2D eigenvalue weighted by Gasteiger charge is 2.40. The number of hydrogen-bond donors (Lipinski definition) is 1. The molecule has 2 bridgehead atoms. The minimum atomic E-state index is -4.38. The van der Waals surface area contributed by atoms with E-state index in [9.17, 15) is 13.2 Å². The first-order chi connectivity index (χ1) is 8.47. The molecule has 106 valence electrons. The van der Waals surface area contributed by atoms with E-state index in [1.165, 1.54) is 12.1 Å². The smallest absolute Gasteiger partial charge is 0.398 e. The molecule has 0 unspecified atom stereocenters. The molecule has 1 aromatic rings. The second kappa shape index (κ2) is 4.78. The van der Waals surface area contributed by atoms with Gasteiger partial charge in [-0.2, -0.15) is 13.2 Å². The van der Waals surface area contributed by atoms with Crippen molar-refractivity contribution in [3.05, 3.63) is 23.8 Å². The van der Waals surface area contributed by atoms with Crippen molar-refractivity contribution in [3.63, 3.8) is 0 Å². The summed E-state index contributed by atoms with van der Waals surface area (Å²) < 4.78 is 38.5. The standard InChI is InChI=1S/C13H15F3N2.ClH/c14-13(15,16)11-7-10(5-6-12(11)17)18-8-1-2-9(18)4-3-8;/h5-9H,1-4,17H2;1H. The minimum Gasteiger partial charge on any atom is -0.398 e. The SMILES string of the molecule is Cl.Nc1ccc(N2C3CCC2CC3)cc1C(F)(F)F. The third-order valence-electron chi connectivity index (χ3n) is 4.09. The van der Waals surface area contributed by atoms with Crippen LogP contribution in [0.5, 0.6) is 0 Å². The fourth-order valence-corrected chi connectivity index (χ4v) is 3.28. The minimum absolute atomic E-state index is 0. The molecule has 0 spiro atoms. The third kappa shape index (κ3) is 2.36. The molecule has 6 heteroatoms. The Morgan fingerprint density at radius 2 is 1.58 bits per heavy atom. The highest BCUT2D eigenvalue weighted by Crippen LogP contribution is 2.43. The van der Waals surface area contributed by atoms with E-state index in [1.54, 1.807) is 6.07 Å². The number of fused-ring (bicyclic) bond motifs is 2. The molecular formula is C13H16ClF3N2. The van der Waals surface area contributed by atoms with Crippen molar-refractivity contribution in [2.24, 2.45) is 0 Å². The van der Waals surface area contributed by atoms with Crippen LogP contribution in [0.3, 0.4) is 0 Å². The van der Waals surface area contributed by atoms with Gasteiger partial charge in [-0.15, -0.1) is 12.4 Å². The summed E-state index contributed by atoms with van der Waals surface area (Å²) in [6.07, 6.45) is -0.00155. The van der Waals surface area contributed by atoms with E-state index in [4.69, 9.17) is 5.73 Å². The molecule has 0 radical (unpaired) electrons. The van der Waals surface area contributed by atoms with E-state index in [0.29, 0.717) is 17.8 Å². The molecule has 0 aliphatic carbocycles. The van der Waals surface area contributed by atoms with Gasteiger partial charge >= 0.3 is 6.18 Å². The van der Waals surface area contributed by atoms with Gasteiger partial charge in [0.05, 0.1) is 5.56 Å². The van der Waals surface area contributed by atoms with Crippen molar-refractivity contribution in [2.75, 3.05) is 10.6 Å². The van der Waals surface area contributed by atoms with Gasteiger partial charge in [-0.3, -0.25) is 0 Å². The lowest BCUT2D eigenvalue weighted by atomic mass is 10.0. The number of rotatable bonds is 1. The van der Waals surface area contributed by atoms with Gasteiger partial charge in [0.1, 0.15) is 0 Å². The van der Waals surface area contributed by atoms with Gasteiger partial charge in [-0.05, 0) is 43.9 Å². The van der Waals surface area contributed by atoms with E-state index in [-0.39, 0.29) is 18.1 Å². The molecule has 1 aromatic carbocycles. The largest absolute Gasteiger partial charge is 0.418 e. The van der Waals surface area contributed by atoms with Crippen LogP contribution in [-0.4, -0.2) is 12.1 Å². The molecule has 19 heavy (non-hydrogen) atoms. The number of benzene rings is 1. The van der Waals surface area contributed by atoms with Crippen molar-refractivity contribution >= 4 is 23.8 Å². The maximum atomic E-state index is 12.8. The van der Waals surface area contributed by atoms with Crippen molar-refractivity contribution in [1.29, 1.82) is 0 Å². The number of hydrogen-bond acceptors (Lipinski definition) is 2. The lowest BCUT2D eigenvalue weighted by Gasteiger charge is -2.25. The molecule has 0 amide bonds. The Morgan fingerprint density at radius 3 is 2.05 bits per heavy atom. The molecule has 0 aromatic heterocycles. The lowest BCUT2D eigenvalue weighted by molar-refractivity contribution is -0.136. The highest BCUT2D eigenvalue weighted by atomic mass is 35.5. The van der Waals surface area contributed by atoms with Gasteiger partial charge < -0.3 is 10.6 Å². The fraction of sp³-hybridized carbons (Fsp3) is 0.538. The summed E-state index contributed by atoms with van der Waals surface area (Å²) in [6, 6.07) is 5.11. The van der Waals surface area contributed by atoms with E-state index in [0.717, 1.165) is 25.7 Å². The number of alkyl halides is 3. The summed E-state index contributed by atoms with van der Waals surface area (Å²) in [5.74, 6) is 0. The second-order valence-corrected chi connectivity index (χ2v) is 5.14. The monoisotopic (exact) mass is 292 g/mol. The average Bonchev–Trinajstić information content (AvgIpc) is 2.88.